The molecule has 2 rings (SSSR count). The van der Waals surface area contributed by atoms with Gasteiger partial charge in [0.15, 0.2) is 0 Å². The third-order valence-corrected chi connectivity index (χ3v) is 2.58. The lowest BCUT2D eigenvalue weighted by Gasteiger charge is -2.11. The van der Waals surface area contributed by atoms with Crippen molar-refractivity contribution in [2.24, 2.45) is 5.73 Å². The van der Waals surface area contributed by atoms with Crippen molar-refractivity contribution in [3.05, 3.63) is 59.9 Å². The van der Waals surface area contributed by atoms with E-state index in [-0.39, 0.29) is 0 Å². The maximum absolute atomic E-state index is 5.89. The van der Waals surface area contributed by atoms with Crippen LogP contribution in [0, 0.1) is 0 Å². The van der Waals surface area contributed by atoms with Crippen LogP contribution in [0.25, 0.3) is 6.08 Å². The first-order valence-corrected chi connectivity index (χ1v) is 5.87. The van der Waals surface area contributed by atoms with Gasteiger partial charge in [0.1, 0.15) is 11.5 Å². The minimum atomic E-state index is 0.434. The zero-order chi connectivity index (χ0) is 12.8. The summed E-state index contributed by atoms with van der Waals surface area (Å²) in [6, 6.07) is 9.74. The van der Waals surface area contributed by atoms with Gasteiger partial charge in [0.2, 0.25) is 0 Å². The third kappa shape index (κ3) is 2.76. The number of hydrogen-bond acceptors (Lipinski definition) is 3. The van der Waals surface area contributed by atoms with E-state index in [0.717, 1.165) is 16.9 Å². The van der Waals surface area contributed by atoms with E-state index in [0.29, 0.717) is 12.3 Å². The van der Waals surface area contributed by atoms with Crippen molar-refractivity contribution in [3.63, 3.8) is 0 Å². The number of nitrogens with two attached hydrogens (primary N) is 1. The number of pyridine rings is 1. The van der Waals surface area contributed by atoms with Crippen LogP contribution in [0.1, 0.15) is 18.1 Å². The van der Waals surface area contributed by atoms with Crippen molar-refractivity contribution in [2.45, 2.75) is 13.5 Å². The van der Waals surface area contributed by atoms with Crippen molar-refractivity contribution < 1.29 is 4.74 Å². The molecule has 2 aromatic rings. The lowest BCUT2D eigenvalue weighted by molar-refractivity contribution is 0.473. The molecule has 0 bridgehead atoms. The second-order valence-electron chi connectivity index (χ2n) is 3.83. The minimum absolute atomic E-state index is 0.434. The summed E-state index contributed by atoms with van der Waals surface area (Å²) in [5.74, 6) is 1.51. The summed E-state index contributed by atoms with van der Waals surface area (Å²) in [4.78, 5) is 4.07. The van der Waals surface area contributed by atoms with Gasteiger partial charge in [-0.15, -0.1) is 0 Å². The molecule has 18 heavy (non-hydrogen) atoms. The number of benzene rings is 1. The standard InChI is InChI=1S/C15H16N2O/c1-2-5-12-6-3-4-7-14(12)18-15-11-17-9-8-13(15)10-16/h2-9,11H,10,16H2,1H3/b5-2+. The number of aromatic nitrogens is 1. The van der Waals surface area contributed by atoms with Crippen LogP contribution in [-0.2, 0) is 6.54 Å². The molecule has 0 aliphatic heterocycles. The van der Waals surface area contributed by atoms with Gasteiger partial charge < -0.3 is 10.5 Å². The van der Waals surface area contributed by atoms with Crippen LogP contribution in [0.15, 0.2) is 48.8 Å². The fourth-order valence-electron chi connectivity index (χ4n) is 1.68. The normalized spacial score (nSPS) is 10.8. The molecule has 0 spiro atoms. The van der Waals surface area contributed by atoms with E-state index in [4.69, 9.17) is 10.5 Å². The zero-order valence-electron chi connectivity index (χ0n) is 10.3. The first kappa shape index (κ1) is 12.3. The number of allylic oxidation sites excluding steroid dienone is 1. The molecule has 0 unspecified atom stereocenters. The molecule has 1 aromatic heterocycles. The Morgan fingerprint density at radius 2 is 2.06 bits per heavy atom. The Balaban J connectivity index is 2.34. The van der Waals surface area contributed by atoms with Gasteiger partial charge in [-0.1, -0.05) is 30.4 Å². The Hall–Kier alpha value is -2.13. The third-order valence-electron chi connectivity index (χ3n) is 2.58. The van der Waals surface area contributed by atoms with Gasteiger partial charge in [-0.2, -0.15) is 0 Å². The van der Waals surface area contributed by atoms with Gasteiger partial charge in [0, 0.05) is 23.9 Å². The molecular weight excluding hydrogens is 224 g/mol. The van der Waals surface area contributed by atoms with Gasteiger partial charge in [-0.05, 0) is 19.1 Å². The summed E-state index contributed by atoms with van der Waals surface area (Å²) in [5.41, 5.74) is 7.66. The second kappa shape index (κ2) is 5.98. The second-order valence-corrected chi connectivity index (χ2v) is 3.83. The van der Waals surface area contributed by atoms with Gasteiger partial charge in [-0.25, -0.2) is 0 Å². The maximum atomic E-state index is 5.89. The predicted octanol–water partition coefficient (Wildman–Crippen LogP) is 3.37. The van der Waals surface area contributed by atoms with E-state index < -0.39 is 0 Å². The summed E-state index contributed by atoms with van der Waals surface area (Å²) in [6.07, 6.45) is 7.39. The first-order valence-electron chi connectivity index (χ1n) is 5.87. The molecule has 0 saturated heterocycles. The zero-order valence-corrected chi connectivity index (χ0v) is 10.3. The highest BCUT2D eigenvalue weighted by Crippen LogP contribution is 2.27. The molecule has 1 aromatic carbocycles. The average molecular weight is 240 g/mol. The van der Waals surface area contributed by atoms with Crippen LogP contribution in [0.5, 0.6) is 11.5 Å². The summed E-state index contributed by atoms with van der Waals surface area (Å²) in [5, 5.41) is 0. The molecule has 0 amide bonds. The number of para-hydroxylation sites is 1. The topological polar surface area (TPSA) is 48.1 Å². The van der Waals surface area contributed by atoms with Gasteiger partial charge >= 0.3 is 0 Å². The van der Waals surface area contributed by atoms with Gasteiger partial charge in [0.05, 0.1) is 6.20 Å². The van der Waals surface area contributed by atoms with Crippen LogP contribution < -0.4 is 10.5 Å². The van der Waals surface area contributed by atoms with Crippen molar-refractivity contribution in [2.75, 3.05) is 0 Å². The molecule has 0 radical (unpaired) electrons. The van der Waals surface area contributed by atoms with E-state index in [1.54, 1.807) is 12.4 Å². The Morgan fingerprint density at radius 1 is 1.22 bits per heavy atom. The summed E-state index contributed by atoms with van der Waals surface area (Å²) in [7, 11) is 0. The molecule has 2 N–H and O–H groups in total. The highest BCUT2D eigenvalue weighted by atomic mass is 16.5. The lowest BCUT2D eigenvalue weighted by Crippen LogP contribution is -2.00. The number of nitrogens with zero attached hydrogens (tertiary/aromatic N) is 1. The van der Waals surface area contributed by atoms with Crippen LogP contribution in [0.3, 0.4) is 0 Å². The average Bonchev–Trinajstić information content (AvgIpc) is 2.42. The van der Waals surface area contributed by atoms with Crippen LogP contribution in [0.4, 0.5) is 0 Å². The summed E-state index contributed by atoms with van der Waals surface area (Å²) >= 11 is 0. The van der Waals surface area contributed by atoms with Crippen molar-refractivity contribution in [3.8, 4) is 11.5 Å². The predicted molar refractivity (Wildman–Crippen MR) is 73.4 cm³/mol. The molecular formula is C15H16N2O. The Kier molecular flexibility index (Phi) is 4.10. The first-order chi connectivity index (χ1) is 8.85. The molecule has 92 valence electrons. The minimum Gasteiger partial charge on any atom is -0.455 e. The Bertz CT molecular complexity index is 550. The van der Waals surface area contributed by atoms with E-state index in [9.17, 15) is 0 Å². The van der Waals surface area contributed by atoms with E-state index in [1.807, 2.05) is 49.4 Å². The van der Waals surface area contributed by atoms with E-state index in [2.05, 4.69) is 4.98 Å². The number of rotatable bonds is 4. The summed E-state index contributed by atoms with van der Waals surface area (Å²) < 4.78 is 5.89. The molecule has 1 heterocycles. The van der Waals surface area contributed by atoms with Crippen molar-refractivity contribution in [1.29, 1.82) is 0 Å². The van der Waals surface area contributed by atoms with Crippen LogP contribution >= 0.6 is 0 Å². The van der Waals surface area contributed by atoms with Crippen LogP contribution in [0.2, 0.25) is 0 Å². The fourth-order valence-corrected chi connectivity index (χ4v) is 1.68. The molecule has 3 nitrogen and oxygen atoms in total. The highest BCUT2D eigenvalue weighted by molar-refractivity contribution is 5.57. The van der Waals surface area contributed by atoms with Crippen molar-refractivity contribution >= 4 is 6.08 Å². The Labute approximate surface area is 107 Å². The monoisotopic (exact) mass is 240 g/mol. The quantitative estimate of drug-likeness (QED) is 0.891. The number of ether oxygens (including phenoxy) is 1. The summed E-state index contributed by atoms with van der Waals surface area (Å²) in [6.45, 7) is 2.41. The molecule has 0 aliphatic carbocycles. The molecule has 0 saturated carbocycles. The smallest absolute Gasteiger partial charge is 0.150 e. The number of hydrogen-bond donors (Lipinski definition) is 1. The molecule has 0 aliphatic rings. The fraction of sp³-hybridized carbons (Fsp3) is 0.133. The largest absolute Gasteiger partial charge is 0.455 e. The van der Waals surface area contributed by atoms with E-state index >= 15 is 0 Å². The van der Waals surface area contributed by atoms with Crippen LogP contribution in [-0.4, -0.2) is 4.98 Å². The highest BCUT2D eigenvalue weighted by Gasteiger charge is 2.05. The molecule has 3 heteroatoms. The van der Waals surface area contributed by atoms with Crippen molar-refractivity contribution in [1.82, 2.24) is 4.98 Å². The Morgan fingerprint density at radius 3 is 2.83 bits per heavy atom. The van der Waals surface area contributed by atoms with Gasteiger partial charge in [-0.3, -0.25) is 4.98 Å². The molecule has 0 fully saturated rings. The van der Waals surface area contributed by atoms with Gasteiger partial charge in [0.25, 0.3) is 0 Å². The maximum Gasteiger partial charge on any atom is 0.150 e. The SMILES string of the molecule is C/C=C/c1ccccc1Oc1cnccc1CN. The molecule has 0 atom stereocenters. The lowest BCUT2D eigenvalue weighted by atomic mass is 10.2. The van der Waals surface area contributed by atoms with E-state index in [1.165, 1.54) is 0 Å².